The van der Waals surface area contributed by atoms with E-state index in [-0.39, 0.29) is 11.3 Å². The van der Waals surface area contributed by atoms with Crippen LogP contribution in [0.2, 0.25) is 0 Å². The monoisotopic (exact) mass is 299 g/mol. The molecule has 2 atom stereocenters. The average Bonchev–Trinajstić information content (AvgIpc) is 2.32. The Kier molecular flexibility index (Phi) is 4.98. The standard InChI is InChI=1S/C14H21NO6/c1-7-10(15-13(18)21-14(3,4)5)9(12(17)19-6)8(2)20-11(7)16/h7,10H,1-6H3,(H,15,18)/t7-,10+/m1/s1. The molecule has 118 valence electrons. The number of rotatable bonds is 2. The molecule has 7 heteroatoms. The van der Waals surface area contributed by atoms with Gasteiger partial charge in [-0.1, -0.05) is 0 Å². The molecule has 0 aliphatic carbocycles. The van der Waals surface area contributed by atoms with E-state index in [9.17, 15) is 14.4 Å². The number of nitrogens with one attached hydrogen (secondary N) is 1. The van der Waals surface area contributed by atoms with Gasteiger partial charge in [-0.05, 0) is 34.6 Å². The van der Waals surface area contributed by atoms with Gasteiger partial charge >= 0.3 is 18.0 Å². The van der Waals surface area contributed by atoms with Crippen LogP contribution in [0.25, 0.3) is 0 Å². The Bertz CT molecular complexity index is 488. The Morgan fingerprint density at radius 1 is 1.29 bits per heavy atom. The molecule has 0 radical (unpaired) electrons. The molecule has 0 unspecified atom stereocenters. The van der Waals surface area contributed by atoms with Crippen LogP contribution in [0.4, 0.5) is 4.79 Å². The first-order chi connectivity index (χ1) is 9.56. The summed E-state index contributed by atoms with van der Waals surface area (Å²) < 4.78 is 14.8. The number of ether oxygens (including phenoxy) is 3. The molecule has 1 amide bonds. The van der Waals surface area contributed by atoms with Gasteiger partial charge in [0.15, 0.2) is 0 Å². The lowest BCUT2D eigenvalue weighted by Crippen LogP contribution is -2.50. The fraction of sp³-hybridized carbons (Fsp3) is 0.643. The molecule has 0 saturated heterocycles. The van der Waals surface area contributed by atoms with Crippen molar-refractivity contribution in [1.82, 2.24) is 5.32 Å². The first-order valence-electron chi connectivity index (χ1n) is 6.57. The molecule has 0 spiro atoms. The van der Waals surface area contributed by atoms with Crippen LogP contribution >= 0.6 is 0 Å². The summed E-state index contributed by atoms with van der Waals surface area (Å²) in [5, 5.41) is 2.53. The first-order valence-corrected chi connectivity index (χ1v) is 6.57. The lowest BCUT2D eigenvalue weighted by atomic mass is 9.91. The highest BCUT2D eigenvalue weighted by Crippen LogP contribution is 2.26. The molecular weight excluding hydrogens is 278 g/mol. The van der Waals surface area contributed by atoms with E-state index < -0.39 is 35.6 Å². The predicted molar refractivity (Wildman–Crippen MR) is 73.1 cm³/mol. The lowest BCUT2D eigenvalue weighted by Gasteiger charge is -2.31. The van der Waals surface area contributed by atoms with Gasteiger partial charge in [0.2, 0.25) is 0 Å². The van der Waals surface area contributed by atoms with Crippen LogP contribution in [0.1, 0.15) is 34.6 Å². The molecule has 21 heavy (non-hydrogen) atoms. The second-order valence-corrected chi connectivity index (χ2v) is 5.80. The summed E-state index contributed by atoms with van der Waals surface area (Å²) in [5.74, 6) is -1.80. The first kappa shape index (κ1) is 17.0. The third-order valence-corrected chi connectivity index (χ3v) is 2.89. The minimum atomic E-state index is -0.853. The van der Waals surface area contributed by atoms with Gasteiger partial charge in [0.1, 0.15) is 11.4 Å². The quantitative estimate of drug-likeness (QED) is 0.614. The second kappa shape index (κ2) is 6.15. The molecule has 0 aromatic carbocycles. The van der Waals surface area contributed by atoms with Crippen molar-refractivity contribution < 1.29 is 28.6 Å². The van der Waals surface area contributed by atoms with Gasteiger partial charge in [-0.15, -0.1) is 0 Å². The highest BCUT2D eigenvalue weighted by molar-refractivity contribution is 5.94. The number of carbonyl (C=O) groups excluding carboxylic acids is 3. The number of alkyl carbamates (subject to hydrolysis) is 1. The second-order valence-electron chi connectivity index (χ2n) is 5.80. The van der Waals surface area contributed by atoms with Crippen molar-refractivity contribution in [2.75, 3.05) is 7.11 Å². The molecule has 0 fully saturated rings. The van der Waals surface area contributed by atoms with Crippen molar-refractivity contribution in [3.8, 4) is 0 Å². The molecule has 1 aliphatic rings. The van der Waals surface area contributed by atoms with Crippen LogP contribution in [0, 0.1) is 5.92 Å². The van der Waals surface area contributed by atoms with E-state index in [1.165, 1.54) is 14.0 Å². The van der Waals surface area contributed by atoms with Gasteiger partial charge < -0.3 is 19.5 Å². The average molecular weight is 299 g/mol. The maximum atomic E-state index is 11.9. The molecule has 0 aromatic rings. The van der Waals surface area contributed by atoms with Crippen LogP contribution in [0.3, 0.4) is 0 Å². The van der Waals surface area contributed by atoms with Crippen molar-refractivity contribution >= 4 is 18.0 Å². The molecule has 7 nitrogen and oxygen atoms in total. The Morgan fingerprint density at radius 3 is 2.33 bits per heavy atom. The van der Waals surface area contributed by atoms with Gasteiger partial charge in [0.25, 0.3) is 0 Å². The van der Waals surface area contributed by atoms with E-state index in [4.69, 9.17) is 9.47 Å². The Morgan fingerprint density at radius 2 is 1.86 bits per heavy atom. The van der Waals surface area contributed by atoms with Crippen molar-refractivity contribution in [1.29, 1.82) is 0 Å². The van der Waals surface area contributed by atoms with Gasteiger partial charge in [-0.2, -0.15) is 0 Å². The molecule has 0 bridgehead atoms. The number of hydrogen-bond donors (Lipinski definition) is 1. The topological polar surface area (TPSA) is 90.9 Å². The third kappa shape index (κ3) is 4.21. The third-order valence-electron chi connectivity index (χ3n) is 2.89. The summed E-state index contributed by atoms with van der Waals surface area (Å²) in [6, 6.07) is -0.853. The SMILES string of the molecule is COC(=O)C1=C(C)OC(=O)[C@H](C)[C@@H]1NC(=O)OC(C)(C)C. The zero-order chi connectivity index (χ0) is 16.4. The minimum Gasteiger partial charge on any atom is -0.466 e. The lowest BCUT2D eigenvalue weighted by molar-refractivity contribution is -0.147. The number of allylic oxidation sites excluding steroid dienone is 1. The van der Waals surface area contributed by atoms with Gasteiger partial charge in [-0.25, -0.2) is 9.59 Å². The fourth-order valence-corrected chi connectivity index (χ4v) is 1.92. The van der Waals surface area contributed by atoms with E-state index in [1.807, 2.05) is 0 Å². The summed E-state index contributed by atoms with van der Waals surface area (Å²) in [4.78, 5) is 35.5. The van der Waals surface area contributed by atoms with Gasteiger partial charge in [0.05, 0.1) is 24.6 Å². The zero-order valence-corrected chi connectivity index (χ0v) is 13.1. The Labute approximate surface area is 123 Å². The Balaban J connectivity index is 3.03. The molecular formula is C14H21NO6. The van der Waals surface area contributed by atoms with Crippen molar-refractivity contribution in [3.63, 3.8) is 0 Å². The Hall–Kier alpha value is -2.05. The number of hydrogen-bond acceptors (Lipinski definition) is 6. The van der Waals surface area contributed by atoms with Crippen LogP contribution in [0.15, 0.2) is 11.3 Å². The summed E-state index contributed by atoms with van der Waals surface area (Å²) in [7, 11) is 1.22. The molecule has 1 heterocycles. The molecule has 1 aliphatic heterocycles. The van der Waals surface area contributed by atoms with E-state index >= 15 is 0 Å². The molecule has 0 aromatic heterocycles. The highest BCUT2D eigenvalue weighted by Gasteiger charge is 2.40. The largest absolute Gasteiger partial charge is 0.466 e. The highest BCUT2D eigenvalue weighted by atomic mass is 16.6. The maximum absolute atomic E-state index is 11.9. The fourth-order valence-electron chi connectivity index (χ4n) is 1.92. The minimum absolute atomic E-state index is 0.107. The van der Waals surface area contributed by atoms with Gasteiger partial charge in [0, 0.05) is 0 Å². The number of amides is 1. The summed E-state index contributed by atoms with van der Waals surface area (Å²) in [6.45, 7) is 8.17. The summed E-state index contributed by atoms with van der Waals surface area (Å²) >= 11 is 0. The number of methoxy groups -OCH3 is 1. The smallest absolute Gasteiger partial charge is 0.408 e. The van der Waals surface area contributed by atoms with E-state index in [0.29, 0.717) is 0 Å². The number of carbonyl (C=O) groups is 3. The molecule has 1 N–H and O–H groups in total. The number of esters is 2. The molecule has 0 saturated carbocycles. The molecule has 1 rings (SSSR count). The van der Waals surface area contributed by atoms with Crippen molar-refractivity contribution in [3.05, 3.63) is 11.3 Å². The van der Waals surface area contributed by atoms with Crippen LogP contribution in [-0.2, 0) is 23.8 Å². The maximum Gasteiger partial charge on any atom is 0.408 e. The van der Waals surface area contributed by atoms with Crippen LogP contribution in [-0.4, -0.2) is 36.8 Å². The normalized spacial score (nSPS) is 22.5. The van der Waals surface area contributed by atoms with Crippen LogP contribution in [0.5, 0.6) is 0 Å². The van der Waals surface area contributed by atoms with Crippen LogP contribution < -0.4 is 5.32 Å². The van der Waals surface area contributed by atoms with Crippen molar-refractivity contribution in [2.45, 2.75) is 46.3 Å². The zero-order valence-electron chi connectivity index (χ0n) is 13.1. The number of cyclic esters (lactones) is 1. The van der Waals surface area contributed by atoms with E-state index in [0.717, 1.165) is 0 Å². The van der Waals surface area contributed by atoms with Gasteiger partial charge in [-0.3, -0.25) is 4.79 Å². The predicted octanol–water partition coefficient (Wildman–Crippen LogP) is 1.52. The van der Waals surface area contributed by atoms with E-state index in [2.05, 4.69) is 10.1 Å². The van der Waals surface area contributed by atoms with E-state index in [1.54, 1.807) is 27.7 Å². The van der Waals surface area contributed by atoms with Crippen molar-refractivity contribution in [2.24, 2.45) is 5.92 Å². The summed E-state index contributed by atoms with van der Waals surface area (Å²) in [6.07, 6.45) is -0.719. The summed E-state index contributed by atoms with van der Waals surface area (Å²) in [5.41, 5.74) is -0.581.